The lowest BCUT2D eigenvalue weighted by atomic mass is 10.3. The summed E-state index contributed by atoms with van der Waals surface area (Å²) in [6.07, 6.45) is 0. The van der Waals surface area contributed by atoms with E-state index in [0.29, 0.717) is 12.2 Å². The van der Waals surface area contributed by atoms with Crippen molar-refractivity contribution in [3.05, 3.63) is 49.8 Å². The Morgan fingerprint density at radius 2 is 2.12 bits per heavy atom. The Bertz CT molecular complexity index is 500. The van der Waals surface area contributed by atoms with Gasteiger partial charge in [-0.25, -0.2) is 4.39 Å². The predicted octanol–water partition coefficient (Wildman–Crippen LogP) is 4.92. The van der Waals surface area contributed by atoms with Crippen LogP contribution in [0.2, 0.25) is 4.34 Å². The first kappa shape index (κ1) is 11.9. The third kappa shape index (κ3) is 2.97. The van der Waals surface area contributed by atoms with Crippen LogP contribution >= 0.6 is 38.9 Å². The molecule has 1 nitrogen and oxygen atoms in total. The molecule has 2 rings (SSSR count). The molecule has 2 aromatic rings. The Morgan fingerprint density at radius 3 is 2.81 bits per heavy atom. The smallest absolute Gasteiger partial charge is 0.146 e. The fourth-order valence-electron chi connectivity index (χ4n) is 1.26. The predicted molar refractivity (Wildman–Crippen MR) is 70.8 cm³/mol. The first-order valence-corrected chi connectivity index (χ1v) is 6.57. The van der Waals surface area contributed by atoms with Crippen molar-refractivity contribution >= 4 is 44.6 Å². The molecular weight excluding hydrogens is 313 g/mol. The highest BCUT2D eigenvalue weighted by Gasteiger charge is 2.03. The molecule has 0 spiro atoms. The van der Waals surface area contributed by atoms with Gasteiger partial charge in [0.1, 0.15) is 5.82 Å². The van der Waals surface area contributed by atoms with Crippen LogP contribution in [0, 0.1) is 5.82 Å². The van der Waals surface area contributed by atoms with Gasteiger partial charge < -0.3 is 5.32 Å². The van der Waals surface area contributed by atoms with Gasteiger partial charge in [0.2, 0.25) is 0 Å². The molecule has 0 aliphatic carbocycles. The zero-order valence-electron chi connectivity index (χ0n) is 8.14. The van der Waals surface area contributed by atoms with Gasteiger partial charge in [-0.1, -0.05) is 27.5 Å². The monoisotopic (exact) mass is 319 g/mol. The molecule has 84 valence electrons. The fraction of sp³-hybridized carbons (Fsp3) is 0.0909. The van der Waals surface area contributed by atoms with Crippen LogP contribution in [-0.4, -0.2) is 0 Å². The van der Waals surface area contributed by atoms with Crippen molar-refractivity contribution in [2.45, 2.75) is 6.54 Å². The van der Waals surface area contributed by atoms with Gasteiger partial charge in [0.25, 0.3) is 0 Å². The standard InChI is InChI=1S/C11H8BrClFNS/c12-7-1-3-9(14)10(5-7)15-6-8-2-4-11(13)16-8/h1-5,15H,6H2. The number of anilines is 1. The van der Waals surface area contributed by atoms with Crippen LogP contribution in [0.3, 0.4) is 0 Å². The third-order valence-corrected chi connectivity index (χ3v) is 3.73. The molecule has 1 N–H and O–H groups in total. The summed E-state index contributed by atoms with van der Waals surface area (Å²) >= 11 is 10.6. The maximum absolute atomic E-state index is 13.4. The largest absolute Gasteiger partial charge is 0.378 e. The summed E-state index contributed by atoms with van der Waals surface area (Å²) in [6.45, 7) is 0.574. The second kappa shape index (κ2) is 5.17. The molecule has 0 aliphatic rings. The molecule has 0 aliphatic heterocycles. The van der Waals surface area contributed by atoms with Crippen molar-refractivity contribution in [2.75, 3.05) is 5.32 Å². The SMILES string of the molecule is Fc1ccc(Br)cc1NCc1ccc(Cl)s1. The van der Waals surface area contributed by atoms with Crippen LogP contribution in [0.1, 0.15) is 4.88 Å². The van der Waals surface area contributed by atoms with E-state index in [1.165, 1.54) is 17.4 Å². The minimum Gasteiger partial charge on any atom is -0.378 e. The van der Waals surface area contributed by atoms with Crippen molar-refractivity contribution < 1.29 is 4.39 Å². The summed E-state index contributed by atoms with van der Waals surface area (Å²) in [5.74, 6) is -0.258. The van der Waals surface area contributed by atoms with Crippen LogP contribution < -0.4 is 5.32 Å². The van der Waals surface area contributed by atoms with Crippen molar-refractivity contribution in [1.82, 2.24) is 0 Å². The molecule has 0 atom stereocenters. The number of hydrogen-bond donors (Lipinski definition) is 1. The molecule has 0 bridgehead atoms. The van der Waals surface area contributed by atoms with Crippen LogP contribution in [0.25, 0.3) is 0 Å². The summed E-state index contributed by atoms with van der Waals surface area (Å²) in [7, 11) is 0. The molecule has 0 saturated carbocycles. The normalized spacial score (nSPS) is 10.4. The number of rotatable bonds is 3. The summed E-state index contributed by atoms with van der Waals surface area (Å²) in [5, 5.41) is 3.03. The molecule has 1 aromatic heterocycles. The second-order valence-corrected chi connectivity index (χ2v) is 5.90. The molecule has 0 radical (unpaired) electrons. The highest BCUT2D eigenvalue weighted by atomic mass is 79.9. The molecule has 0 saturated heterocycles. The fourth-order valence-corrected chi connectivity index (χ4v) is 2.65. The van der Waals surface area contributed by atoms with Crippen LogP contribution in [-0.2, 0) is 6.54 Å². The van der Waals surface area contributed by atoms with Crippen molar-refractivity contribution in [1.29, 1.82) is 0 Å². The van der Waals surface area contributed by atoms with Gasteiger partial charge in [0.15, 0.2) is 0 Å². The first-order valence-electron chi connectivity index (χ1n) is 4.58. The van der Waals surface area contributed by atoms with E-state index in [1.54, 1.807) is 12.1 Å². The molecular formula is C11H8BrClFNS. The maximum atomic E-state index is 13.4. The summed E-state index contributed by atoms with van der Waals surface area (Å²) in [6, 6.07) is 8.57. The topological polar surface area (TPSA) is 12.0 Å². The van der Waals surface area contributed by atoms with Gasteiger partial charge in [-0.15, -0.1) is 11.3 Å². The Balaban J connectivity index is 2.07. The maximum Gasteiger partial charge on any atom is 0.146 e. The van der Waals surface area contributed by atoms with Crippen molar-refractivity contribution in [3.63, 3.8) is 0 Å². The Labute approximate surface area is 110 Å². The van der Waals surface area contributed by atoms with E-state index >= 15 is 0 Å². The number of benzene rings is 1. The van der Waals surface area contributed by atoms with E-state index in [4.69, 9.17) is 11.6 Å². The van der Waals surface area contributed by atoms with Crippen molar-refractivity contribution in [3.8, 4) is 0 Å². The van der Waals surface area contributed by atoms with E-state index in [2.05, 4.69) is 21.2 Å². The van der Waals surface area contributed by atoms with Crippen molar-refractivity contribution in [2.24, 2.45) is 0 Å². The summed E-state index contributed by atoms with van der Waals surface area (Å²) in [5.41, 5.74) is 0.485. The Morgan fingerprint density at radius 1 is 1.31 bits per heavy atom. The Kier molecular flexibility index (Phi) is 3.84. The van der Waals surface area contributed by atoms with E-state index in [-0.39, 0.29) is 5.82 Å². The van der Waals surface area contributed by atoms with Gasteiger partial charge >= 0.3 is 0 Å². The average Bonchev–Trinajstić information content (AvgIpc) is 2.66. The molecule has 0 unspecified atom stereocenters. The highest BCUT2D eigenvalue weighted by Crippen LogP contribution is 2.24. The minimum atomic E-state index is -0.258. The highest BCUT2D eigenvalue weighted by molar-refractivity contribution is 9.10. The van der Waals surface area contributed by atoms with Crippen LogP contribution in [0.5, 0.6) is 0 Å². The number of hydrogen-bond acceptors (Lipinski definition) is 2. The van der Waals surface area contributed by atoms with Gasteiger partial charge in [0, 0.05) is 15.9 Å². The van der Waals surface area contributed by atoms with Gasteiger partial charge in [-0.05, 0) is 30.3 Å². The molecule has 0 amide bonds. The zero-order chi connectivity index (χ0) is 11.5. The van der Waals surface area contributed by atoms with Gasteiger partial charge in [0.05, 0.1) is 10.0 Å². The van der Waals surface area contributed by atoms with Gasteiger partial charge in [-0.2, -0.15) is 0 Å². The lowest BCUT2D eigenvalue weighted by molar-refractivity contribution is 0.630. The quantitative estimate of drug-likeness (QED) is 0.847. The molecule has 0 fully saturated rings. The number of halogens is 3. The molecule has 1 aromatic carbocycles. The average molecular weight is 321 g/mol. The van der Waals surface area contributed by atoms with Crippen LogP contribution in [0.4, 0.5) is 10.1 Å². The van der Waals surface area contributed by atoms with E-state index in [1.807, 2.05) is 12.1 Å². The van der Waals surface area contributed by atoms with E-state index < -0.39 is 0 Å². The molecule has 5 heteroatoms. The van der Waals surface area contributed by atoms with Crippen LogP contribution in [0.15, 0.2) is 34.8 Å². The number of nitrogens with one attached hydrogen (secondary N) is 1. The van der Waals surface area contributed by atoms with Gasteiger partial charge in [-0.3, -0.25) is 0 Å². The lowest BCUT2D eigenvalue weighted by Crippen LogP contribution is -1.99. The molecule has 16 heavy (non-hydrogen) atoms. The first-order chi connectivity index (χ1) is 7.65. The lowest BCUT2D eigenvalue weighted by Gasteiger charge is -2.06. The zero-order valence-corrected chi connectivity index (χ0v) is 11.3. The second-order valence-electron chi connectivity index (χ2n) is 3.18. The minimum absolute atomic E-state index is 0.258. The number of thiophene rings is 1. The molecule has 1 heterocycles. The van der Waals surface area contributed by atoms with E-state index in [9.17, 15) is 4.39 Å². The Hall–Kier alpha value is -0.580. The summed E-state index contributed by atoms with van der Waals surface area (Å²) < 4.78 is 15.0. The summed E-state index contributed by atoms with van der Waals surface area (Å²) in [4.78, 5) is 1.07. The third-order valence-electron chi connectivity index (χ3n) is 2.01. The van der Waals surface area contributed by atoms with E-state index in [0.717, 1.165) is 13.7 Å².